The van der Waals surface area contributed by atoms with Gasteiger partial charge >= 0.3 is 6.09 Å². The van der Waals surface area contributed by atoms with Crippen molar-refractivity contribution in [2.45, 2.75) is 26.4 Å². The van der Waals surface area contributed by atoms with E-state index in [1.165, 1.54) is 0 Å². The molecule has 0 unspecified atom stereocenters. The van der Waals surface area contributed by atoms with Gasteiger partial charge in [0.25, 0.3) is 0 Å². The number of rotatable bonds is 2. The third kappa shape index (κ3) is 4.98. The van der Waals surface area contributed by atoms with Gasteiger partial charge in [-0.25, -0.2) is 4.79 Å². The quantitative estimate of drug-likeness (QED) is 0.865. The number of benzene rings is 1. The summed E-state index contributed by atoms with van der Waals surface area (Å²) in [6.07, 6.45) is 1.13. The number of amides is 1. The maximum Gasteiger partial charge on any atom is 0.408 e. The first kappa shape index (κ1) is 15.6. The first-order valence-corrected chi connectivity index (χ1v) is 6.91. The number of alkyl carbamates (subject to hydrolysis) is 1. The van der Waals surface area contributed by atoms with Crippen LogP contribution in [0.2, 0.25) is 0 Å². The van der Waals surface area contributed by atoms with E-state index in [1.807, 2.05) is 45.0 Å². The van der Waals surface area contributed by atoms with Gasteiger partial charge < -0.3 is 14.6 Å². The fourth-order valence-electron chi connectivity index (χ4n) is 1.66. The minimum absolute atomic E-state index is 0.235. The molecule has 0 aliphatic carbocycles. The lowest BCUT2D eigenvalue weighted by molar-refractivity contribution is 0.0535. The predicted octanol–water partition coefficient (Wildman–Crippen LogP) is 3.22. The molecular weight excluding hydrogens is 280 g/mol. The molecule has 2 aromatic rings. The fraction of sp³-hybridized carbons (Fsp3) is 0.294. The topological polar surface area (TPSA) is 64.4 Å². The van der Waals surface area contributed by atoms with E-state index in [9.17, 15) is 4.79 Å². The highest BCUT2D eigenvalue weighted by Gasteiger charge is 2.14. The molecule has 2 rings (SSSR count). The van der Waals surface area contributed by atoms with Crippen molar-refractivity contribution in [2.24, 2.45) is 0 Å². The Balaban J connectivity index is 1.86. The maximum atomic E-state index is 11.4. The predicted molar refractivity (Wildman–Crippen MR) is 83.1 cm³/mol. The van der Waals surface area contributed by atoms with Crippen LogP contribution >= 0.6 is 0 Å². The van der Waals surface area contributed by atoms with Gasteiger partial charge in [0.05, 0.1) is 12.7 Å². The number of hydrogen-bond acceptors (Lipinski definition) is 4. The molecule has 5 heteroatoms. The number of hydrogen-bond donors (Lipinski definition) is 1. The lowest BCUT2D eigenvalue weighted by Crippen LogP contribution is -2.32. The van der Waals surface area contributed by atoms with Crippen molar-refractivity contribution in [3.63, 3.8) is 0 Å². The van der Waals surface area contributed by atoms with E-state index in [1.54, 1.807) is 12.3 Å². The molecule has 0 atom stereocenters. The number of aromatic nitrogens is 1. The van der Waals surface area contributed by atoms with Crippen LogP contribution in [-0.2, 0) is 4.74 Å². The Kier molecular flexibility index (Phi) is 4.84. The highest BCUT2D eigenvalue weighted by molar-refractivity contribution is 5.68. The summed E-state index contributed by atoms with van der Waals surface area (Å²) in [5.74, 6) is 6.56. The Bertz CT molecular complexity index is 671. The number of carbonyl (C=O) groups excluding carboxylic acids is 1. The number of carbonyl (C=O) groups is 1. The van der Waals surface area contributed by atoms with Crippen LogP contribution in [-0.4, -0.2) is 23.4 Å². The molecular formula is C17H18N2O3. The highest BCUT2D eigenvalue weighted by atomic mass is 16.6. The Morgan fingerprint density at radius 1 is 1.27 bits per heavy atom. The molecule has 0 bridgehead atoms. The molecule has 1 aromatic heterocycles. The van der Waals surface area contributed by atoms with Crippen molar-refractivity contribution in [1.29, 1.82) is 0 Å². The Labute approximate surface area is 129 Å². The van der Waals surface area contributed by atoms with Crippen molar-refractivity contribution in [3.05, 3.63) is 42.1 Å². The van der Waals surface area contributed by atoms with Crippen molar-refractivity contribution in [3.8, 4) is 23.2 Å². The van der Waals surface area contributed by atoms with Gasteiger partial charge in [-0.1, -0.05) is 17.0 Å². The van der Waals surface area contributed by atoms with Crippen LogP contribution in [0.4, 0.5) is 4.79 Å². The average Bonchev–Trinajstić information content (AvgIpc) is 2.96. The minimum atomic E-state index is -0.506. The third-order valence-corrected chi connectivity index (χ3v) is 2.56. The summed E-state index contributed by atoms with van der Waals surface area (Å²) < 4.78 is 10.2. The summed E-state index contributed by atoms with van der Waals surface area (Å²) in [4.78, 5) is 11.4. The standard InChI is InChI=1S/C17H18N2O3/c1-17(2,3)21-16(20)18-11-4-5-13-6-8-14(9-7-13)15-10-12-19-22-15/h6-10,12H,11H2,1-3H3,(H,18,20). The van der Waals surface area contributed by atoms with E-state index in [0.717, 1.165) is 11.1 Å². The van der Waals surface area contributed by atoms with E-state index >= 15 is 0 Å². The van der Waals surface area contributed by atoms with Gasteiger partial charge in [-0.05, 0) is 45.0 Å². The van der Waals surface area contributed by atoms with Crippen molar-refractivity contribution in [1.82, 2.24) is 10.5 Å². The molecule has 0 aliphatic rings. The minimum Gasteiger partial charge on any atom is -0.444 e. The van der Waals surface area contributed by atoms with Crippen LogP contribution in [0.1, 0.15) is 26.3 Å². The van der Waals surface area contributed by atoms with Gasteiger partial charge in [0.2, 0.25) is 0 Å². The SMILES string of the molecule is CC(C)(C)OC(=O)NCC#Cc1ccc(-c2ccno2)cc1. The maximum absolute atomic E-state index is 11.4. The van der Waals surface area contributed by atoms with Crippen LogP contribution < -0.4 is 5.32 Å². The molecule has 1 heterocycles. The zero-order valence-corrected chi connectivity index (χ0v) is 12.8. The Hall–Kier alpha value is -2.74. The smallest absolute Gasteiger partial charge is 0.408 e. The number of ether oxygens (including phenoxy) is 1. The number of nitrogens with one attached hydrogen (secondary N) is 1. The van der Waals surface area contributed by atoms with E-state index in [2.05, 4.69) is 22.3 Å². The van der Waals surface area contributed by atoms with Gasteiger partial charge in [-0.15, -0.1) is 0 Å². The van der Waals surface area contributed by atoms with Crippen molar-refractivity contribution in [2.75, 3.05) is 6.54 Å². The lowest BCUT2D eigenvalue weighted by Gasteiger charge is -2.18. The Morgan fingerprint density at radius 3 is 2.59 bits per heavy atom. The Morgan fingerprint density at radius 2 is 2.00 bits per heavy atom. The van der Waals surface area contributed by atoms with Crippen molar-refractivity contribution < 1.29 is 14.1 Å². The van der Waals surface area contributed by atoms with Crippen LogP contribution in [0.15, 0.2) is 41.1 Å². The molecule has 1 aromatic carbocycles. The monoisotopic (exact) mass is 298 g/mol. The summed E-state index contributed by atoms with van der Waals surface area (Å²) >= 11 is 0. The molecule has 22 heavy (non-hydrogen) atoms. The molecule has 0 fully saturated rings. The van der Waals surface area contributed by atoms with E-state index < -0.39 is 11.7 Å². The second-order valence-corrected chi connectivity index (χ2v) is 5.61. The number of nitrogens with zero attached hydrogens (tertiary/aromatic N) is 1. The first-order valence-electron chi connectivity index (χ1n) is 6.91. The van der Waals surface area contributed by atoms with Gasteiger partial charge in [0.1, 0.15) is 5.60 Å². The van der Waals surface area contributed by atoms with Crippen molar-refractivity contribution >= 4 is 6.09 Å². The van der Waals surface area contributed by atoms with Crippen LogP contribution in [0.5, 0.6) is 0 Å². The molecule has 1 amide bonds. The molecule has 0 spiro atoms. The van der Waals surface area contributed by atoms with Gasteiger partial charge in [0, 0.05) is 17.2 Å². The lowest BCUT2D eigenvalue weighted by atomic mass is 10.1. The molecule has 1 N–H and O–H groups in total. The zero-order valence-electron chi connectivity index (χ0n) is 12.8. The van der Waals surface area contributed by atoms with E-state index in [4.69, 9.17) is 9.26 Å². The summed E-state index contributed by atoms with van der Waals surface area (Å²) in [6, 6.07) is 9.39. The summed E-state index contributed by atoms with van der Waals surface area (Å²) in [6.45, 7) is 5.68. The summed E-state index contributed by atoms with van der Waals surface area (Å²) in [5.41, 5.74) is 1.29. The zero-order chi connectivity index (χ0) is 16.0. The van der Waals surface area contributed by atoms with Crippen LogP contribution in [0, 0.1) is 11.8 Å². The molecule has 0 saturated heterocycles. The molecule has 0 aliphatic heterocycles. The molecule has 0 saturated carbocycles. The first-order chi connectivity index (χ1) is 10.4. The molecule has 0 radical (unpaired) electrons. The van der Waals surface area contributed by atoms with E-state index in [-0.39, 0.29) is 6.54 Å². The fourth-order valence-corrected chi connectivity index (χ4v) is 1.66. The van der Waals surface area contributed by atoms with Crippen LogP contribution in [0.3, 0.4) is 0 Å². The largest absolute Gasteiger partial charge is 0.444 e. The van der Waals surface area contributed by atoms with Crippen LogP contribution in [0.25, 0.3) is 11.3 Å². The summed E-state index contributed by atoms with van der Waals surface area (Å²) in [7, 11) is 0. The molecule has 114 valence electrons. The average molecular weight is 298 g/mol. The molecule has 5 nitrogen and oxygen atoms in total. The second-order valence-electron chi connectivity index (χ2n) is 5.61. The van der Waals surface area contributed by atoms with Gasteiger partial charge in [0.15, 0.2) is 5.76 Å². The second kappa shape index (κ2) is 6.81. The van der Waals surface area contributed by atoms with E-state index in [0.29, 0.717) is 5.76 Å². The third-order valence-electron chi connectivity index (χ3n) is 2.56. The van der Waals surface area contributed by atoms with Gasteiger partial charge in [-0.2, -0.15) is 0 Å². The normalized spacial score (nSPS) is 10.5. The highest BCUT2D eigenvalue weighted by Crippen LogP contribution is 2.18. The summed E-state index contributed by atoms with van der Waals surface area (Å²) in [5, 5.41) is 6.25. The van der Waals surface area contributed by atoms with Gasteiger partial charge in [-0.3, -0.25) is 0 Å².